The highest BCUT2D eigenvalue weighted by atomic mass is 16.4. The molecule has 0 aliphatic carbocycles. The van der Waals surface area contributed by atoms with Crippen LogP contribution in [0.3, 0.4) is 0 Å². The summed E-state index contributed by atoms with van der Waals surface area (Å²) in [6, 6.07) is 7.59. The Balaban J connectivity index is 2.51. The summed E-state index contributed by atoms with van der Waals surface area (Å²) in [5.41, 5.74) is 1.86. The molecule has 1 aromatic rings. The van der Waals surface area contributed by atoms with Gasteiger partial charge in [0.15, 0.2) is 0 Å². The number of para-hydroxylation sites is 1. The van der Waals surface area contributed by atoms with Crippen LogP contribution in [0.25, 0.3) is 0 Å². The van der Waals surface area contributed by atoms with Crippen LogP contribution in [0.1, 0.15) is 31.7 Å². The Morgan fingerprint density at radius 3 is 2.59 bits per heavy atom. The van der Waals surface area contributed by atoms with Crippen molar-refractivity contribution in [2.75, 3.05) is 5.32 Å². The first-order valence-corrected chi connectivity index (χ1v) is 5.67. The lowest BCUT2D eigenvalue weighted by Gasteiger charge is -2.09. The molecule has 0 bridgehead atoms. The predicted octanol–water partition coefficient (Wildman–Crippen LogP) is 2.44. The fraction of sp³-hybridized carbons (Fsp3) is 0.385. The van der Waals surface area contributed by atoms with Crippen molar-refractivity contribution in [2.24, 2.45) is 0 Å². The number of aliphatic carboxylic acids is 1. The first-order valence-electron chi connectivity index (χ1n) is 5.67. The molecule has 0 saturated heterocycles. The lowest BCUT2D eigenvalue weighted by atomic mass is 10.0. The van der Waals surface area contributed by atoms with Crippen molar-refractivity contribution in [3.8, 4) is 0 Å². The van der Waals surface area contributed by atoms with Gasteiger partial charge in [-0.15, -0.1) is 0 Å². The maximum absolute atomic E-state index is 11.0. The Labute approximate surface area is 101 Å². The topological polar surface area (TPSA) is 66.4 Å². The Hall–Kier alpha value is -1.84. The Bertz CT molecular complexity index is 401. The number of anilines is 1. The molecule has 2 N–H and O–H groups in total. The molecule has 1 aromatic carbocycles. The molecule has 1 amide bonds. The molecule has 4 nitrogen and oxygen atoms in total. The number of nitrogens with one attached hydrogen (secondary N) is 1. The van der Waals surface area contributed by atoms with Gasteiger partial charge < -0.3 is 10.4 Å². The number of amides is 1. The molecular formula is C13H17NO3. The number of unbranched alkanes of at least 4 members (excludes halogenated alkanes) is 1. The minimum Gasteiger partial charge on any atom is -0.481 e. The molecule has 17 heavy (non-hydrogen) atoms. The maximum atomic E-state index is 11.0. The van der Waals surface area contributed by atoms with E-state index in [2.05, 4.69) is 5.32 Å². The Kier molecular flexibility index (Phi) is 5.20. The van der Waals surface area contributed by atoms with E-state index >= 15 is 0 Å². The van der Waals surface area contributed by atoms with Crippen LogP contribution in [-0.2, 0) is 16.0 Å². The quantitative estimate of drug-likeness (QED) is 0.744. The molecule has 0 radical (unpaired) electrons. The van der Waals surface area contributed by atoms with Gasteiger partial charge in [-0.05, 0) is 30.9 Å². The second kappa shape index (κ2) is 6.68. The van der Waals surface area contributed by atoms with Crippen LogP contribution in [0.2, 0.25) is 0 Å². The first kappa shape index (κ1) is 13.2. The van der Waals surface area contributed by atoms with E-state index < -0.39 is 5.97 Å². The minimum atomic E-state index is -0.764. The van der Waals surface area contributed by atoms with Crippen LogP contribution in [0.15, 0.2) is 24.3 Å². The number of carboxylic acids is 1. The third-order valence-corrected chi connectivity index (χ3v) is 2.41. The van der Waals surface area contributed by atoms with E-state index in [9.17, 15) is 9.59 Å². The summed E-state index contributed by atoms with van der Waals surface area (Å²) in [6.07, 6.45) is 2.44. The van der Waals surface area contributed by atoms with Crippen LogP contribution in [0.4, 0.5) is 5.69 Å². The fourth-order valence-electron chi connectivity index (χ4n) is 1.64. The van der Waals surface area contributed by atoms with Gasteiger partial charge in [0.05, 0.1) is 0 Å². The van der Waals surface area contributed by atoms with E-state index in [-0.39, 0.29) is 12.3 Å². The van der Waals surface area contributed by atoms with Crippen molar-refractivity contribution in [1.82, 2.24) is 0 Å². The highest BCUT2D eigenvalue weighted by molar-refractivity contribution is 5.89. The summed E-state index contributed by atoms with van der Waals surface area (Å²) in [6.45, 7) is 1.47. The van der Waals surface area contributed by atoms with Gasteiger partial charge in [0.2, 0.25) is 5.91 Å². The summed E-state index contributed by atoms with van der Waals surface area (Å²) < 4.78 is 0. The number of carboxylic acid groups (broad SMARTS) is 1. The Morgan fingerprint density at radius 1 is 1.24 bits per heavy atom. The van der Waals surface area contributed by atoms with E-state index in [4.69, 9.17) is 5.11 Å². The molecule has 0 unspecified atom stereocenters. The monoisotopic (exact) mass is 235 g/mol. The van der Waals surface area contributed by atoms with Crippen molar-refractivity contribution >= 4 is 17.6 Å². The highest BCUT2D eigenvalue weighted by Gasteiger charge is 2.03. The smallest absolute Gasteiger partial charge is 0.303 e. The molecule has 0 spiro atoms. The molecular weight excluding hydrogens is 218 g/mol. The molecule has 4 heteroatoms. The van der Waals surface area contributed by atoms with Crippen molar-refractivity contribution in [1.29, 1.82) is 0 Å². The normalized spacial score (nSPS) is 9.94. The third kappa shape index (κ3) is 5.15. The first-order chi connectivity index (χ1) is 8.09. The third-order valence-electron chi connectivity index (χ3n) is 2.41. The van der Waals surface area contributed by atoms with Crippen LogP contribution >= 0.6 is 0 Å². The summed E-state index contributed by atoms with van der Waals surface area (Å²) >= 11 is 0. The van der Waals surface area contributed by atoms with E-state index in [1.807, 2.05) is 24.3 Å². The molecule has 92 valence electrons. The lowest BCUT2D eigenvalue weighted by Crippen LogP contribution is -2.08. The van der Waals surface area contributed by atoms with Crippen molar-refractivity contribution in [3.63, 3.8) is 0 Å². The van der Waals surface area contributed by atoms with Gasteiger partial charge >= 0.3 is 5.97 Å². The van der Waals surface area contributed by atoms with Crippen molar-refractivity contribution in [2.45, 2.75) is 32.6 Å². The predicted molar refractivity (Wildman–Crippen MR) is 65.9 cm³/mol. The van der Waals surface area contributed by atoms with Crippen LogP contribution in [0, 0.1) is 0 Å². The van der Waals surface area contributed by atoms with E-state index in [1.54, 1.807) is 0 Å². The molecule has 0 fully saturated rings. The van der Waals surface area contributed by atoms with Gasteiger partial charge in [-0.1, -0.05) is 18.2 Å². The summed E-state index contributed by atoms with van der Waals surface area (Å²) in [5, 5.41) is 11.3. The number of aryl methyl sites for hydroxylation is 1. The number of carbonyl (C=O) groups excluding carboxylic acids is 1. The molecule has 0 atom stereocenters. The highest BCUT2D eigenvalue weighted by Crippen LogP contribution is 2.17. The second-order valence-electron chi connectivity index (χ2n) is 3.94. The molecule has 0 aliphatic rings. The molecule has 0 saturated carbocycles. The molecule has 0 aromatic heterocycles. The molecule has 1 rings (SSSR count). The summed E-state index contributed by atoms with van der Waals surface area (Å²) in [4.78, 5) is 21.4. The number of carbonyl (C=O) groups is 2. The van der Waals surface area contributed by atoms with Crippen molar-refractivity contribution in [3.05, 3.63) is 29.8 Å². The van der Waals surface area contributed by atoms with Crippen molar-refractivity contribution < 1.29 is 14.7 Å². The van der Waals surface area contributed by atoms with Gasteiger partial charge in [-0.2, -0.15) is 0 Å². The largest absolute Gasteiger partial charge is 0.481 e. The zero-order chi connectivity index (χ0) is 12.7. The maximum Gasteiger partial charge on any atom is 0.303 e. The zero-order valence-corrected chi connectivity index (χ0v) is 9.90. The van der Waals surface area contributed by atoms with Crippen LogP contribution in [-0.4, -0.2) is 17.0 Å². The molecule has 0 heterocycles. The Morgan fingerprint density at radius 2 is 1.94 bits per heavy atom. The van der Waals surface area contributed by atoms with Gasteiger partial charge in [-0.3, -0.25) is 9.59 Å². The average Bonchev–Trinajstić information content (AvgIpc) is 2.25. The number of hydrogen-bond acceptors (Lipinski definition) is 2. The van der Waals surface area contributed by atoms with Crippen LogP contribution < -0.4 is 5.32 Å². The number of hydrogen-bond donors (Lipinski definition) is 2. The number of benzene rings is 1. The van der Waals surface area contributed by atoms with Gasteiger partial charge in [-0.25, -0.2) is 0 Å². The van der Waals surface area contributed by atoms with Gasteiger partial charge in [0, 0.05) is 19.0 Å². The average molecular weight is 235 g/mol. The minimum absolute atomic E-state index is 0.0945. The fourth-order valence-corrected chi connectivity index (χ4v) is 1.64. The zero-order valence-electron chi connectivity index (χ0n) is 9.90. The van der Waals surface area contributed by atoms with E-state index in [0.29, 0.717) is 6.42 Å². The van der Waals surface area contributed by atoms with E-state index in [0.717, 1.165) is 24.1 Å². The van der Waals surface area contributed by atoms with Crippen LogP contribution in [0.5, 0.6) is 0 Å². The second-order valence-corrected chi connectivity index (χ2v) is 3.94. The lowest BCUT2D eigenvalue weighted by molar-refractivity contribution is -0.137. The summed E-state index contributed by atoms with van der Waals surface area (Å²) in [7, 11) is 0. The van der Waals surface area contributed by atoms with Gasteiger partial charge in [0.1, 0.15) is 0 Å². The number of rotatable bonds is 6. The van der Waals surface area contributed by atoms with E-state index in [1.165, 1.54) is 6.92 Å². The van der Waals surface area contributed by atoms with Gasteiger partial charge in [0.25, 0.3) is 0 Å². The SMILES string of the molecule is CC(=O)Nc1ccccc1CCCCC(=O)O. The standard InChI is InChI=1S/C13H17NO3/c1-10(15)14-12-8-4-2-6-11(12)7-3-5-9-13(16)17/h2,4,6,8H,3,5,7,9H2,1H3,(H,14,15)(H,16,17). The molecule has 0 aliphatic heterocycles. The summed E-state index contributed by atoms with van der Waals surface area (Å²) in [5.74, 6) is -0.858.